The van der Waals surface area contributed by atoms with Crippen LogP contribution in [0.4, 0.5) is 4.39 Å². The van der Waals surface area contributed by atoms with Crippen molar-refractivity contribution in [2.75, 3.05) is 13.6 Å². The second kappa shape index (κ2) is 3.32. The largest absolute Gasteiger partial charge is 0.338 e. The van der Waals surface area contributed by atoms with E-state index in [-0.39, 0.29) is 17.3 Å². The van der Waals surface area contributed by atoms with E-state index < -0.39 is 0 Å². The molecule has 2 nitrogen and oxygen atoms in total. The highest BCUT2D eigenvalue weighted by Crippen LogP contribution is 2.26. The van der Waals surface area contributed by atoms with Gasteiger partial charge in [0.25, 0.3) is 5.91 Å². The normalized spacial score (nSPS) is 17.0. The molecule has 0 radical (unpaired) electrons. The molecule has 0 N–H and O–H groups in total. The van der Waals surface area contributed by atoms with E-state index in [4.69, 9.17) is 0 Å². The fourth-order valence-electron chi connectivity index (χ4n) is 1.41. The van der Waals surface area contributed by atoms with E-state index in [1.807, 2.05) is 0 Å². The molecule has 1 aliphatic heterocycles. The minimum atomic E-state index is -0.369. The number of carbonyl (C=O) groups excluding carboxylic acids is 1. The van der Waals surface area contributed by atoms with Crippen LogP contribution in [0.3, 0.4) is 0 Å². The Hall–Kier alpha value is -1.12. The molecule has 0 unspecified atom stereocenters. The van der Waals surface area contributed by atoms with E-state index in [0.29, 0.717) is 12.1 Å². The number of allylic oxidation sites excluding steroid dienone is 1. The summed E-state index contributed by atoms with van der Waals surface area (Å²) in [6.45, 7) is 5.66. The summed E-state index contributed by atoms with van der Waals surface area (Å²) in [6, 6.07) is 0. The van der Waals surface area contributed by atoms with E-state index in [1.165, 1.54) is 4.90 Å². The van der Waals surface area contributed by atoms with Crippen LogP contribution in [0.25, 0.3) is 0 Å². The number of nitrogens with zero attached hydrogens (tertiary/aromatic N) is 1. The van der Waals surface area contributed by atoms with E-state index >= 15 is 0 Å². The van der Waals surface area contributed by atoms with Crippen LogP contribution in [-0.4, -0.2) is 24.4 Å². The smallest absolute Gasteiger partial charge is 0.256 e. The summed E-state index contributed by atoms with van der Waals surface area (Å²) < 4.78 is 13.5. The molecule has 1 amide bonds. The van der Waals surface area contributed by atoms with Gasteiger partial charge in [-0.2, -0.15) is 0 Å². The van der Waals surface area contributed by atoms with Gasteiger partial charge < -0.3 is 4.90 Å². The van der Waals surface area contributed by atoms with Crippen molar-refractivity contribution in [2.24, 2.45) is 0 Å². The van der Waals surface area contributed by atoms with Crippen LogP contribution in [-0.2, 0) is 4.79 Å². The van der Waals surface area contributed by atoms with Crippen molar-refractivity contribution in [3.8, 4) is 0 Å². The second-order valence-corrected chi connectivity index (χ2v) is 3.63. The molecule has 1 rings (SSSR count). The Labute approximate surface area is 77.7 Å². The zero-order chi connectivity index (χ0) is 10.2. The van der Waals surface area contributed by atoms with Crippen molar-refractivity contribution in [2.45, 2.75) is 20.8 Å². The SMILES string of the molecule is CC(C)=C(F)C1=C(C)CN(C)C1=O. The Morgan fingerprint density at radius 3 is 2.31 bits per heavy atom. The zero-order valence-corrected chi connectivity index (χ0v) is 8.44. The van der Waals surface area contributed by atoms with Gasteiger partial charge in [0, 0.05) is 13.6 Å². The molecule has 0 bridgehead atoms. The number of halogens is 1. The Bertz CT molecular complexity index is 311. The third-order valence-corrected chi connectivity index (χ3v) is 2.12. The summed E-state index contributed by atoms with van der Waals surface area (Å²) in [7, 11) is 1.68. The van der Waals surface area contributed by atoms with Crippen molar-refractivity contribution in [3.63, 3.8) is 0 Å². The number of carbonyl (C=O) groups is 1. The zero-order valence-electron chi connectivity index (χ0n) is 8.44. The minimum Gasteiger partial charge on any atom is -0.338 e. The van der Waals surface area contributed by atoms with Gasteiger partial charge in [-0.15, -0.1) is 0 Å². The molecule has 0 aromatic rings. The first-order chi connectivity index (χ1) is 5.95. The van der Waals surface area contributed by atoms with Gasteiger partial charge in [0.15, 0.2) is 0 Å². The lowest BCUT2D eigenvalue weighted by Gasteiger charge is -2.07. The molecule has 0 aromatic heterocycles. The summed E-state index contributed by atoms with van der Waals surface area (Å²) >= 11 is 0. The van der Waals surface area contributed by atoms with Crippen LogP contribution < -0.4 is 0 Å². The topological polar surface area (TPSA) is 20.3 Å². The first-order valence-corrected chi connectivity index (χ1v) is 4.23. The highest BCUT2D eigenvalue weighted by Gasteiger charge is 2.28. The van der Waals surface area contributed by atoms with Gasteiger partial charge in [0.05, 0.1) is 5.57 Å². The molecule has 1 aliphatic rings. The Morgan fingerprint density at radius 1 is 1.46 bits per heavy atom. The maximum atomic E-state index is 13.5. The lowest BCUT2D eigenvalue weighted by Crippen LogP contribution is -2.22. The van der Waals surface area contributed by atoms with Gasteiger partial charge in [-0.1, -0.05) is 0 Å². The van der Waals surface area contributed by atoms with Crippen molar-refractivity contribution in [1.82, 2.24) is 4.90 Å². The van der Waals surface area contributed by atoms with Gasteiger partial charge in [0.2, 0.25) is 0 Å². The predicted molar refractivity (Wildman–Crippen MR) is 49.8 cm³/mol. The van der Waals surface area contributed by atoms with Gasteiger partial charge in [-0.25, -0.2) is 4.39 Å². The van der Waals surface area contributed by atoms with Crippen LogP contribution in [0.1, 0.15) is 20.8 Å². The third-order valence-electron chi connectivity index (χ3n) is 2.12. The lowest BCUT2D eigenvalue weighted by molar-refractivity contribution is -0.124. The van der Waals surface area contributed by atoms with E-state index in [9.17, 15) is 9.18 Å². The number of amides is 1. The van der Waals surface area contributed by atoms with E-state index in [2.05, 4.69) is 0 Å². The molecule has 13 heavy (non-hydrogen) atoms. The fourth-order valence-corrected chi connectivity index (χ4v) is 1.41. The molecule has 0 spiro atoms. The number of likely N-dealkylation sites (N-methyl/N-ethyl adjacent to an activating group) is 1. The maximum Gasteiger partial charge on any atom is 0.256 e. The molecular weight excluding hydrogens is 169 g/mol. The Kier molecular flexibility index (Phi) is 2.55. The molecule has 3 heteroatoms. The molecule has 1 heterocycles. The standard InChI is InChI=1S/C10H14FNO/c1-6(2)9(11)8-7(3)5-12(4)10(8)13/h5H2,1-4H3. The van der Waals surface area contributed by atoms with Crippen LogP contribution in [0, 0.1) is 0 Å². The quantitative estimate of drug-likeness (QED) is 0.609. The van der Waals surface area contributed by atoms with Crippen LogP contribution in [0.5, 0.6) is 0 Å². The summed E-state index contributed by atoms with van der Waals surface area (Å²) in [5.74, 6) is -0.581. The van der Waals surface area contributed by atoms with Crippen molar-refractivity contribution >= 4 is 5.91 Å². The monoisotopic (exact) mass is 183 g/mol. The molecule has 0 fully saturated rings. The summed E-state index contributed by atoms with van der Waals surface area (Å²) in [5, 5.41) is 0. The number of rotatable bonds is 1. The maximum absolute atomic E-state index is 13.5. The van der Waals surface area contributed by atoms with Gasteiger partial charge in [-0.05, 0) is 31.9 Å². The van der Waals surface area contributed by atoms with E-state index in [0.717, 1.165) is 5.57 Å². The van der Waals surface area contributed by atoms with Crippen molar-refractivity contribution in [3.05, 3.63) is 22.5 Å². The number of hydrogen-bond acceptors (Lipinski definition) is 1. The fraction of sp³-hybridized carbons (Fsp3) is 0.500. The first kappa shape index (κ1) is 9.96. The summed E-state index contributed by atoms with van der Waals surface area (Å²) in [5.41, 5.74) is 1.62. The van der Waals surface area contributed by atoms with Crippen molar-refractivity contribution < 1.29 is 9.18 Å². The van der Waals surface area contributed by atoms with Crippen molar-refractivity contribution in [1.29, 1.82) is 0 Å². The predicted octanol–water partition coefficient (Wildman–Crippen LogP) is 2.04. The average molecular weight is 183 g/mol. The van der Waals surface area contributed by atoms with Crippen LogP contribution in [0.2, 0.25) is 0 Å². The van der Waals surface area contributed by atoms with Gasteiger partial charge >= 0.3 is 0 Å². The summed E-state index contributed by atoms with van der Waals surface area (Å²) in [4.78, 5) is 13.0. The molecule has 0 saturated carbocycles. The van der Waals surface area contributed by atoms with E-state index in [1.54, 1.807) is 27.8 Å². The average Bonchev–Trinajstić information content (AvgIpc) is 2.26. The highest BCUT2D eigenvalue weighted by molar-refractivity contribution is 6.00. The van der Waals surface area contributed by atoms with Gasteiger partial charge in [0.1, 0.15) is 5.83 Å². The number of hydrogen-bond donors (Lipinski definition) is 0. The van der Waals surface area contributed by atoms with Crippen LogP contribution in [0.15, 0.2) is 22.5 Å². The summed E-state index contributed by atoms with van der Waals surface area (Å²) in [6.07, 6.45) is 0. The molecule has 72 valence electrons. The third kappa shape index (κ3) is 1.64. The molecule has 0 saturated heterocycles. The Morgan fingerprint density at radius 2 is 2.00 bits per heavy atom. The highest BCUT2D eigenvalue weighted by atomic mass is 19.1. The second-order valence-electron chi connectivity index (χ2n) is 3.63. The lowest BCUT2D eigenvalue weighted by atomic mass is 10.1. The van der Waals surface area contributed by atoms with Gasteiger partial charge in [-0.3, -0.25) is 4.79 Å². The minimum absolute atomic E-state index is 0.212. The molecule has 0 aromatic carbocycles. The molecule has 0 atom stereocenters. The first-order valence-electron chi connectivity index (χ1n) is 4.23. The Balaban J connectivity index is 3.12. The molecule has 0 aliphatic carbocycles. The van der Waals surface area contributed by atoms with Crippen LogP contribution >= 0.6 is 0 Å². The molecular formula is C10H14FNO.